The SMILES string of the molecule is Fc1ccc2cccc(-c3cc4ncnc(N5C[C@H]6NCC[C@H]65)c4cn3)c2c1Cl. The van der Waals surface area contributed by atoms with Crippen LogP contribution in [-0.2, 0) is 0 Å². The van der Waals surface area contributed by atoms with E-state index >= 15 is 0 Å². The van der Waals surface area contributed by atoms with Crippen LogP contribution in [0.1, 0.15) is 6.42 Å². The van der Waals surface area contributed by atoms with Gasteiger partial charge in [-0.05, 0) is 30.5 Å². The third-order valence-corrected chi connectivity index (χ3v) is 6.46. The number of nitrogens with one attached hydrogen (secondary N) is 1. The van der Waals surface area contributed by atoms with Gasteiger partial charge >= 0.3 is 0 Å². The van der Waals surface area contributed by atoms with Crippen LogP contribution in [0.2, 0.25) is 5.02 Å². The molecule has 0 spiro atoms. The Bertz CT molecular complexity index is 1280. The summed E-state index contributed by atoms with van der Waals surface area (Å²) in [7, 11) is 0. The van der Waals surface area contributed by atoms with Crippen LogP contribution in [-0.4, -0.2) is 40.1 Å². The minimum absolute atomic E-state index is 0.115. The number of hydrogen-bond donors (Lipinski definition) is 1. The molecule has 0 aliphatic carbocycles. The van der Waals surface area contributed by atoms with E-state index in [4.69, 9.17) is 11.6 Å². The van der Waals surface area contributed by atoms with Gasteiger partial charge in [0, 0.05) is 35.8 Å². The predicted octanol–water partition coefficient (Wildman–Crippen LogP) is 4.19. The zero-order valence-corrected chi connectivity index (χ0v) is 16.2. The number of halogens is 2. The molecule has 2 aliphatic heterocycles. The van der Waals surface area contributed by atoms with Gasteiger partial charge in [0.05, 0.1) is 21.6 Å². The van der Waals surface area contributed by atoms with E-state index in [9.17, 15) is 4.39 Å². The van der Waals surface area contributed by atoms with Gasteiger partial charge in [-0.25, -0.2) is 14.4 Å². The molecule has 2 fully saturated rings. The van der Waals surface area contributed by atoms with Crippen LogP contribution in [0.3, 0.4) is 0 Å². The van der Waals surface area contributed by atoms with E-state index in [1.165, 1.54) is 6.07 Å². The van der Waals surface area contributed by atoms with Gasteiger partial charge in [-0.2, -0.15) is 0 Å². The highest BCUT2D eigenvalue weighted by molar-refractivity contribution is 6.36. The van der Waals surface area contributed by atoms with E-state index < -0.39 is 5.82 Å². The molecule has 1 N–H and O–H groups in total. The maximum Gasteiger partial charge on any atom is 0.142 e. The highest BCUT2D eigenvalue weighted by atomic mass is 35.5. The molecule has 0 bridgehead atoms. The first-order chi connectivity index (χ1) is 14.2. The predicted molar refractivity (Wildman–Crippen MR) is 113 cm³/mol. The van der Waals surface area contributed by atoms with Gasteiger partial charge in [0.15, 0.2) is 0 Å². The molecule has 2 aliphatic rings. The smallest absolute Gasteiger partial charge is 0.142 e. The zero-order valence-electron chi connectivity index (χ0n) is 15.4. The van der Waals surface area contributed by atoms with Crippen molar-refractivity contribution >= 4 is 39.1 Å². The van der Waals surface area contributed by atoms with E-state index in [0.29, 0.717) is 23.2 Å². The number of aromatic nitrogens is 3. The fourth-order valence-electron chi connectivity index (χ4n) is 4.60. The molecule has 7 heteroatoms. The first kappa shape index (κ1) is 17.1. The van der Waals surface area contributed by atoms with Crippen LogP contribution in [0, 0.1) is 5.82 Å². The molecule has 2 atom stereocenters. The zero-order chi connectivity index (χ0) is 19.5. The second-order valence-corrected chi connectivity index (χ2v) is 8.00. The number of benzene rings is 2. The highest BCUT2D eigenvalue weighted by Gasteiger charge is 2.43. The van der Waals surface area contributed by atoms with Crippen LogP contribution in [0.15, 0.2) is 48.9 Å². The average Bonchev–Trinajstić information content (AvgIpc) is 3.10. The number of rotatable bonds is 2. The molecule has 4 aromatic rings. The van der Waals surface area contributed by atoms with Crippen molar-refractivity contribution in [3.63, 3.8) is 0 Å². The van der Waals surface area contributed by atoms with Gasteiger partial charge in [-0.15, -0.1) is 0 Å². The molecule has 2 aromatic heterocycles. The number of hydrogen-bond acceptors (Lipinski definition) is 5. The van der Waals surface area contributed by atoms with Crippen LogP contribution < -0.4 is 10.2 Å². The third kappa shape index (κ3) is 2.52. The molecular formula is C22H17ClFN5. The molecule has 4 heterocycles. The van der Waals surface area contributed by atoms with Crippen LogP contribution in [0.25, 0.3) is 32.9 Å². The Morgan fingerprint density at radius 3 is 2.97 bits per heavy atom. The van der Waals surface area contributed by atoms with E-state index in [1.54, 1.807) is 12.4 Å². The van der Waals surface area contributed by atoms with Crippen molar-refractivity contribution in [2.75, 3.05) is 18.0 Å². The Kier molecular flexibility index (Phi) is 3.73. The fraction of sp³-hybridized carbons (Fsp3) is 0.227. The lowest BCUT2D eigenvalue weighted by Crippen LogP contribution is -2.61. The van der Waals surface area contributed by atoms with Gasteiger partial charge in [0.2, 0.25) is 0 Å². The Morgan fingerprint density at radius 1 is 1.14 bits per heavy atom. The standard InChI is InChI=1S/C22H17ClFN5/c23-21-15(24)5-4-12-2-1-3-13(20(12)21)16-8-17-14(9-26-16)22(28-11-27-17)29-10-18-19(29)6-7-25-18/h1-5,8-9,11,18-19,25H,6-7,10H2/t18-,19-/m1/s1. The molecule has 0 amide bonds. The van der Waals surface area contributed by atoms with Crippen molar-refractivity contribution in [3.05, 3.63) is 59.8 Å². The molecule has 144 valence electrons. The van der Waals surface area contributed by atoms with Crippen molar-refractivity contribution in [1.29, 1.82) is 0 Å². The van der Waals surface area contributed by atoms with Gasteiger partial charge in [0.1, 0.15) is 18.0 Å². The fourth-order valence-corrected chi connectivity index (χ4v) is 4.88. The van der Waals surface area contributed by atoms with Crippen LogP contribution in [0.4, 0.5) is 10.2 Å². The molecule has 0 radical (unpaired) electrons. The average molecular weight is 406 g/mol. The number of nitrogens with zero attached hydrogens (tertiary/aromatic N) is 4. The second kappa shape index (κ2) is 6.34. The summed E-state index contributed by atoms with van der Waals surface area (Å²) in [6.45, 7) is 2.01. The number of pyridine rings is 1. The minimum Gasteiger partial charge on any atom is -0.350 e. The molecule has 0 unspecified atom stereocenters. The maximum absolute atomic E-state index is 14.1. The van der Waals surface area contributed by atoms with E-state index in [2.05, 4.69) is 25.2 Å². The Morgan fingerprint density at radius 2 is 2.07 bits per heavy atom. The maximum atomic E-state index is 14.1. The Hall–Kier alpha value is -2.83. The number of fused-ring (bicyclic) bond motifs is 3. The summed E-state index contributed by atoms with van der Waals surface area (Å²) < 4.78 is 14.1. The molecule has 0 saturated carbocycles. The normalized spacial score (nSPS) is 20.8. The van der Waals surface area contributed by atoms with Crippen molar-refractivity contribution in [3.8, 4) is 11.3 Å². The number of anilines is 1. The minimum atomic E-state index is -0.436. The lowest BCUT2D eigenvalue weighted by Gasteiger charge is -2.45. The van der Waals surface area contributed by atoms with Crippen LogP contribution in [0.5, 0.6) is 0 Å². The van der Waals surface area contributed by atoms with E-state index in [1.807, 2.05) is 30.5 Å². The summed E-state index contributed by atoms with van der Waals surface area (Å²) in [5.41, 5.74) is 2.32. The summed E-state index contributed by atoms with van der Waals surface area (Å²) in [5.74, 6) is 0.496. The quantitative estimate of drug-likeness (QED) is 0.542. The van der Waals surface area contributed by atoms with Crippen molar-refractivity contribution in [1.82, 2.24) is 20.3 Å². The van der Waals surface area contributed by atoms with Crippen molar-refractivity contribution < 1.29 is 4.39 Å². The van der Waals surface area contributed by atoms with Gasteiger partial charge in [-0.3, -0.25) is 4.98 Å². The Labute approximate surface area is 171 Å². The first-order valence-electron chi connectivity index (χ1n) is 9.68. The molecule has 5 nitrogen and oxygen atoms in total. The van der Waals surface area contributed by atoms with E-state index in [0.717, 1.165) is 47.2 Å². The summed E-state index contributed by atoms with van der Waals surface area (Å²) in [6, 6.07) is 11.9. The third-order valence-electron chi connectivity index (χ3n) is 6.09. The Balaban J connectivity index is 1.49. The lowest BCUT2D eigenvalue weighted by molar-refractivity contribution is 0.394. The molecule has 6 rings (SSSR count). The monoisotopic (exact) mass is 405 g/mol. The highest BCUT2D eigenvalue weighted by Crippen LogP contribution is 2.37. The molecular weight excluding hydrogens is 389 g/mol. The topological polar surface area (TPSA) is 53.9 Å². The lowest BCUT2D eigenvalue weighted by atomic mass is 9.97. The van der Waals surface area contributed by atoms with E-state index in [-0.39, 0.29) is 5.02 Å². The van der Waals surface area contributed by atoms with Crippen LogP contribution >= 0.6 is 11.6 Å². The summed E-state index contributed by atoms with van der Waals surface area (Å²) >= 11 is 6.30. The van der Waals surface area contributed by atoms with Crippen molar-refractivity contribution in [2.45, 2.75) is 18.5 Å². The molecule has 29 heavy (non-hydrogen) atoms. The van der Waals surface area contributed by atoms with Gasteiger partial charge in [0.25, 0.3) is 0 Å². The van der Waals surface area contributed by atoms with Gasteiger partial charge in [-0.1, -0.05) is 35.9 Å². The molecule has 2 aromatic carbocycles. The largest absolute Gasteiger partial charge is 0.350 e. The first-order valence-corrected chi connectivity index (χ1v) is 10.1. The second-order valence-electron chi connectivity index (χ2n) is 7.62. The summed E-state index contributed by atoms with van der Waals surface area (Å²) in [6.07, 6.45) is 4.55. The van der Waals surface area contributed by atoms with Gasteiger partial charge < -0.3 is 10.2 Å². The van der Waals surface area contributed by atoms with Crippen molar-refractivity contribution in [2.24, 2.45) is 0 Å². The summed E-state index contributed by atoms with van der Waals surface area (Å²) in [4.78, 5) is 16.0. The summed E-state index contributed by atoms with van der Waals surface area (Å²) in [5, 5.41) is 6.10. The molecule has 2 saturated heterocycles.